The Balaban J connectivity index is 0. The number of hydrogen-bond acceptors (Lipinski definition) is 3. The quantitative estimate of drug-likeness (QED) is 0.179. The van der Waals surface area contributed by atoms with E-state index in [0.717, 1.165) is 6.42 Å². The molecule has 0 atom stereocenters. The first-order valence-electron chi connectivity index (χ1n) is 9.67. The molecule has 0 aromatic rings. The van der Waals surface area contributed by atoms with Crippen LogP contribution in [0.4, 0.5) is 0 Å². The van der Waals surface area contributed by atoms with Crippen molar-refractivity contribution in [3.05, 3.63) is 0 Å². The first kappa shape index (κ1) is 25.1. The van der Waals surface area contributed by atoms with Gasteiger partial charge in [0.2, 0.25) is 0 Å². The number of hydrogen-bond donors (Lipinski definition) is 0. The summed E-state index contributed by atoms with van der Waals surface area (Å²) in [5, 5.41) is 0. The summed E-state index contributed by atoms with van der Waals surface area (Å²) in [6, 6.07) is 0. The van der Waals surface area contributed by atoms with E-state index in [4.69, 9.17) is 3.57 Å². The molecule has 0 heterocycles. The van der Waals surface area contributed by atoms with Gasteiger partial charge in [-0.2, -0.15) is 0 Å². The van der Waals surface area contributed by atoms with Crippen LogP contribution < -0.4 is 0 Å². The SMILES string of the molecule is CCCCCCCCCCCCCCCCCC(=O)OC.[O]=[Zn]. The molecule has 0 saturated carbocycles. The summed E-state index contributed by atoms with van der Waals surface area (Å²) >= 11 is 0.125. The first-order chi connectivity index (χ1) is 11.3. The van der Waals surface area contributed by atoms with E-state index in [1.54, 1.807) is 0 Å². The van der Waals surface area contributed by atoms with Gasteiger partial charge in [0.1, 0.15) is 0 Å². The van der Waals surface area contributed by atoms with Gasteiger partial charge in [0.15, 0.2) is 0 Å². The van der Waals surface area contributed by atoms with Crippen molar-refractivity contribution in [1.29, 1.82) is 0 Å². The average molecular weight is 380 g/mol. The van der Waals surface area contributed by atoms with Crippen molar-refractivity contribution in [2.24, 2.45) is 0 Å². The molecule has 4 heteroatoms. The average Bonchev–Trinajstić information content (AvgIpc) is 2.59. The second kappa shape index (κ2) is 24.1. The summed E-state index contributed by atoms with van der Waals surface area (Å²) in [6.45, 7) is 2.28. The maximum absolute atomic E-state index is 10.9. The molecule has 23 heavy (non-hydrogen) atoms. The Hall–Kier alpha value is -0.107. The molecule has 0 amide bonds. The van der Waals surface area contributed by atoms with Gasteiger partial charge in [-0.05, 0) is 6.42 Å². The van der Waals surface area contributed by atoms with Crippen LogP contribution in [0.2, 0.25) is 0 Å². The monoisotopic (exact) mass is 378 g/mol. The molecule has 0 aromatic heterocycles. The van der Waals surface area contributed by atoms with Gasteiger partial charge in [-0.3, -0.25) is 4.79 Å². The summed E-state index contributed by atoms with van der Waals surface area (Å²) in [5.41, 5.74) is 0. The van der Waals surface area contributed by atoms with Crippen LogP contribution in [0.25, 0.3) is 0 Å². The molecule has 0 spiro atoms. The van der Waals surface area contributed by atoms with Crippen molar-refractivity contribution in [2.75, 3.05) is 7.11 Å². The van der Waals surface area contributed by atoms with E-state index in [9.17, 15) is 4.79 Å². The van der Waals surface area contributed by atoms with Gasteiger partial charge in [-0.1, -0.05) is 96.8 Å². The van der Waals surface area contributed by atoms with Crippen molar-refractivity contribution in [2.45, 2.75) is 110 Å². The molecular weight excluding hydrogens is 342 g/mol. The summed E-state index contributed by atoms with van der Waals surface area (Å²) in [4.78, 5) is 10.9. The van der Waals surface area contributed by atoms with Gasteiger partial charge < -0.3 is 4.74 Å². The fourth-order valence-corrected chi connectivity index (χ4v) is 2.74. The van der Waals surface area contributed by atoms with Crippen LogP contribution >= 0.6 is 0 Å². The van der Waals surface area contributed by atoms with Crippen molar-refractivity contribution >= 4 is 5.97 Å². The fourth-order valence-electron chi connectivity index (χ4n) is 2.74. The number of esters is 1. The molecular formula is C19H38O3Zn. The van der Waals surface area contributed by atoms with Crippen molar-refractivity contribution in [3.8, 4) is 0 Å². The van der Waals surface area contributed by atoms with Crippen LogP contribution in [0.1, 0.15) is 110 Å². The van der Waals surface area contributed by atoms with Crippen LogP contribution in [0.3, 0.4) is 0 Å². The van der Waals surface area contributed by atoms with Gasteiger partial charge in [0.05, 0.1) is 7.11 Å². The first-order valence-corrected chi connectivity index (χ1v) is 10.9. The summed E-state index contributed by atoms with van der Waals surface area (Å²) in [6.07, 6.45) is 20.9. The number of ether oxygens (including phenoxy) is 1. The zero-order chi connectivity index (χ0) is 17.6. The molecule has 0 unspecified atom stereocenters. The Morgan fingerprint density at radius 3 is 1.26 bits per heavy atom. The zero-order valence-corrected chi connectivity index (χ0v) is 18.7. The van der Waals surface area contributed by atoms with Crippen LogP contribution in [-0.4, -0.2) is 13.1 Å². The van der Waals surface area contributed by atoms with Crippen LogP contribution in [0.15, 0.2) is 0 Å². The van der Waals surface area contributed by atoms with Crippen LogP contribution in [0, 0.1) is 0 Å². The molecule has 0 aliphatic rings. The minimum atomic E-state index is -0.0651. The molecule has 0 bridgehead atoms. The summed E-state index contributed by atoms with van der Waals surface area (Å²) < 4.78 is 13.0. The molecule has 0 fully saturated rings. The van der Waals surface area contributed by atoms with E-state index in [1.807, 2.05) is 0 Å². The van der Waals surface area contributed by atoms with E-state index in [-0.39, 0.29) is 24.2 Å². The predicted molar refractivity (Wildman–Crippen MR) is 92.2 cm³/mol. The fraction of sp³-hybridized carbons (Fsp3) is 0.947. The number of unbranched alkanes of at least 4 members (excludes halogenated alkanes) is 14. The van der Waals surface area contributed by atoms with Gasteiger partial charge in [-0.25, -0.2) is 0 Å². The molecule has 0 aliphatic heterocycles. The molecule has 134 valence electrons. The van der Waals surface area contributed by atoms with Gasteiger partial charge >= 0.3 is 27.8 Å². The van der Waals surface area contributed by atoms with Crippen molar-refractivity contribution < 1.29 is 31.4 Å². The van der Waals surface area contributed by atoms with E-state index in [0.29, 0.717) is 6.42 Å². The topological polar surface area (TPSA) is 43.4 Å². The van der Waals surface area contributed by atoms with Gasteiger partial charge in [0, 0.05) is 6.42 Å². The normalized spacial score (nSPS) is 10.1. The van der Waals surface area contributed by atoms with Crippen molar-refractivity contribution in [3.63, 3.8) is 0 Å². The Labute approximate surface area is 154 Å². The number of rotatable bonds is 16. The zero-order valence-electron chi connectivity index (χ0n) is 15.7. The molecule has 0 aromatic carbocycles. The second-order valence-electron chi connectivity index (χ2n) is 6.28. The third-order valence-electron chi connectivity index (χ3n) is 4.21. The van der Waals surface area contributed by atoms with Gasteiger partial charge in [-0.15, -0.1) is 0 Å². The molecule has 0 rings (SSSR count). The maximum atomic E-state index is 10.9. The molecule has 0 saturated heterocycles. The Morgan fingerprint density at radius 2 is 0.957 bits per heavy atom. The molecule has 0 radical (unpaired) electrons. The molecule has 0 aliphatic carbocycles. The Morgan fingerprint density at radius 1 is 0.652 bits per heavy atom. The number of carbonyl (C=O) groups excluding carboxylic acids is 1. The standard InChI is InChI=1S/C19H38O2.O.Zn/c1-3-4-5-6-7-8-9-10-11-12-13-14-15-16-17-18-19(20)21-2;;/h3-18H2,1-2H3;;. The Kier molecular flexibility index (Phi) is 26.4. The minimum absolute atomic E-state index is 0.0651. The Bertz CT molecular complexity index is 235. The predicted octanol–water partition coefficient (Wildman–Crippen LogP) is 6.30. The third-order valence-corrected chi connectivity index (χ3v) is 4.21. The molecule has 3 nitrogen and oxygen atoms in total. The van der Waals surface area contributed by atoms with Gasteiger partial charge in [0.25, 0.3) is 0 Å². The van der Waals surface area contributed by atoms with E-state index in [2.05, 4.69) is 11.7 Å². The van der Waals surface area contributed by atoms with Crippen molar-refractivity contribution in [1.82, 2.24) is 0 Å². The van der Waals surface area contributed by atoms with Crippen LogP contribution in [-0.2, 0) is 31.4 Å². The van der Waals surface area contributed by atoms with E-state index in [1.165, 1.54) is 97.0 Å². The number of methoxy groups -OCH3 is 1. The van der Waals surface area contributed by atoms with Crippen LogP contribution in [0.5, 0.6) is 0 Å². The third kappa shape index (κ3) is 24.3. The summed E-state index contributed by atoms with van der Waals surface area (Å²) in [7, 11) is 1.47. The van der Waals surface area contributed by atoms with E-state index >= 15 is 0 Å². The summed E-state index contributed by atoms with van der Waals surface area (Å²) in [5.74, 6) is -0.0651. The molecule has 0 N–H and O–H groups in total. The number of carbonyl (C=O) groups is 1. The second-order valence-corrected chi connectivity index (χ2v) is 6.28. The van der Waals surface area contributed by atoms with E-state index < -0.39 is 0 Å².